The van der Waals surface area contributed by atoms with Crippen molar-refractivity contribution in [3.05, 3.63) is 57.9 Å². The summed E-state index contributed by atoms with van der Waals surface area (Å²) in [6, 6.07) is 5.19. The molecule has 4 rings (SSSR count). The minimum atomic E-state index is -1.30. The van der Waals surface area contributed by atoms with E-state index in [2.05, 4.69) is 0 Å². The summed E-state index contributed by atoms with van der Waals surface area (Å²) in [5.41, 5.74) is -0.785. The minimum Gasteiger partial charge on any atom is -0.486 e. The summed E-state index contributed by atoms with van der Waals surface area (Å²) in [6.45, 7) is 1.42. The molecule has 9 heteroatoms. The van der Waals surface area contributed by atoms with Gasteiger partial charge in [0.05, 0.1) is 17.7 Å². The molecule has 2 heterocycles. The van der Waals surface area contributed by atoms with Gasteiger partial charge in [0.1, 0.15) is 23.4 Å². The molecule has 3 aromatic rings. The zero-order valence-corrected chi connectivity index (χ0v) is 15.0. The molecule has 0 spiro atoms. The van der Waals surface area contributed by atoms with Crippen molar-refractivity contribution in [2.75, 3.05) is 13.2 Å². The molecule has 0 saturated carbocycles. The van der Waals surface area contributed by atoms with Gasteiger partial charge in [-0.05, 0) is 25.1 Å². The molecule has 0 saturated heterocycles. The molecule has 29 heavy (non-hydrogen) atoms. The van der Waals surface area contributed by atoms with Crippen LogP contribution < -0.4 is 14.9 Å². The molecular formula is C20H13F2NO6. The molecule has 0 N–H and O–H groups in total. The maximum absolute atomic E-state index is 14.5. The first-order valence-electron chi connectivity index (χ1n) is 8.59. The quantitative estimate of drug-likeness (QED) is 0.377. The summed E-state index contributed by atoms with van der Waals surface area (Å²) in [6.07, 6.45) is 1.76. The third kappa shape index (κ3) is 2.91. The molecule has 0 aliphatic carbocycles. The summed E-state index contributed by atoms with van der Waals surface area (Å²) in [4.78, 5) is 35.5. The van der Waals surface area contributed by atoms with E-state index in [1.807, 2.05) is 0 Å². The lowest BCUT2D eigenvalue weighted by molar-refractivity contribution is -0.109. The Labute approximate surface area is 162 Å². The second kappa shape index (κ2) is 7.01. The highest BCUT2D eigenvalue weighted by molar-refractivity contribution is 5.97. The van der Waals surface area contributed by atoms with Crippen LogP contribution in [0.25, 0.3) is 16.6 Å². The molecule has 1 aliphatic rings. The molecule has 7 nitrogen and oxygen atoms in total. The van der Waals surface area contributed by atoms with Crippen LogP contribution in [0.4, 0.5) is 8.78 Å². The van der Waals surface area contributed by atoms with Gasteiger partial charge in [0, 0.05) is 12.3 Å². The van der Waals surface area contributed by atoms with E-state index in [9.17, 15) is 23.2 Å². The summed E-state index contributed by atoms with van der Waals surface area (Å²) in [7, 11) is 0. The van der Waals surface area contributed by atoms with Crippen LogP contribution in [0, 0.1) is 11.6 Å². The highest BCUT2D eigenvalue weighted by atomic mass is 19.2. The van der Waals surface area contributed by atoms with E-state index in [4.69, 9.17) is 14.2 Å². The summed E-state index contributed by atoms with van der Waals surface area (Å²) in [5.74, 6) is -3.60. The molecule has 0 unspecified atom stereocenters. The molecular weight excluding hydrogens is 388 g/mol. The number of nitrogens with zero attached hydrogens (tertiary/aromatic N) is 1. The zero-order valence-electron chi connectivity index (χ0n) is 15.0. The van der Waals surface area contributed by atoms with Gasteiger partial charge in [0.25, 0.3) is 0 Å². The number of ether oxygens (including phenoxy) is 3. The molecule has 2 aromatic carbocycles. The van der Waals surface area contributed by atoms with Gasteiger partial charge in [-0.1, -0.05) is 0 Å². The van der Waals surface area contributed by atoms with E-state index in [1.165, 1.54) is 22.9 Å². The van der Waals surface area contributed by atoms with Crippen molar-refractivity contribution in [3.8, 4) is 22.9 Å². The Morgan fingerprint density at radius 1 is 1.28 bits per heavy atom. The second-order valence-electron chi connectivity index (χ2n) is 6.07. The van der Waals surface area contributed by atoms with E-state index in [0.29, 0.717) is 12.0 Å². The molecule has 0 atom stereocenters. The fraction of sp³-hybridized carbons (Fsp3) is 0.150. The van der Waals surface area contributed by atoms with Gasteiger partial charge < -0.3 is 18.8 Å². The molecule has 0 radical (unpaired) electrons. The lowest BCUT2D eigenvalue weighted by atomic mass is 10.1. The predicted octanol–water partition coefficient (Wildman–Crippen LogP) is 3.13. The van der Waals surface area contributed by atoms with Crippen LogP contribution in [-0.4, -0.2) is 30.0 Å². The van der Waals surface area contributed by atoms with Gasteiger partial charge in [0.15, 0.2) is 23.6 Å². The van der Waals surface area contributed by atoms with Crippen molar-refractivity contribution < 1.29 is 32.6 Å². The number of pyridine rings is 1. The lowest BCUT2D eigenvalue weighted by Gasteiger charge is -2.24. The van der Waals surface area contributed by atoms with Crippen molar-refractivity contribution in [1.29, 1.82) is 0 Å². The maximum Gasteiger partial charge on any atom is 0.343 e. The summed E-state index contributed by atoms with van der Waals surface area (Å²) in [5, 5.41) is -0.226. The molecule has 0 fully saturated rings. The topological polar surface area (TPSA) is 83.8 Å². The number of aromatic nitrogens is 1. The monoisotopic (exact) mass is 401 g/mol. The van der Waals surface area contributed by atoms with Crippen LogP contribution in [0.3, 0.4) is 0 Å². The van der Waals surface area contributed by atoms with E-state index in [0.717, 1.165) is 6.07 Å². The van der Waals surface area contributed by atoms with Crippen molar-refractivity contribution in [2.45, 2.75) is 6.92 Å². The van der Waals surface area contributed by atoms with E-state index in [-0.39, 0.29) is 41.2 Å². The van der Waals surface area contributed by atoms with Gasteiger partial charge in [-0.25, -0.2) is 9.18 Å². The Hall–Kier alpha value is -3.75. The summed E-state index contributed by atoms with van der Waals surface area (Å²) >= 11 is 0. The standard InChI is InChI=1S/C20H13F2NO6/c1-2-27-20(26)12-9-23-14-4-3-10(28-6-5-24)7-15(14)29-19-16(22)13(21)8-11(17(19)23)18(12)25/h3-5,7-9H,2,6H2,1H3. The third-order valence-electron chi connectivity index (χ3n) is 4.35. The SMILES string of the molecule is CCOC(=O)c1cn2c3c(c(F)c(F)cc3c1=O)Oc1cc(OCC=O)ccc1-2. The number of rotatable bonds is 5. The maximum atomic E-state index is 14.5. The number of hydrogen-bond donors (Lipinski definition) is 0. The van der Waals surface area contributed by atoms with Crippen molar-refractivity contribution in [2.24, 2.45) is 0 Å². The average molecular weight is 401 g/mol. The van der Waals surface area contributed by atoms with E-state index in [1.54, 1.807) is 13.0 Å². The zero-order chi connectivity index (χ0) is 20.7. The number of aldehydes is 1. The second-order valence-corrected chi connectivity index (χ2v) is 6.07. The van der Waals surface area contributed by atoms with Crippen LogP contribution in [0.1, 0.15) is 17.3 Å². The Morgan fingerprint density at radius 3 is 2.79 bits per heavy atom. The number of carbonyl (C=O) groups excluding carboxylic acids is 2. The fourth-order valence-corrected chi connectivity index (χ4v) is 3.15. The number of fused-ring (bicyclic) bond motifs is 2. The van der Waals surface area contributed by atoms with Crippen LogP contribution in [0.15, 0.2) is 35.3 Å². The van der Waals surface area contributed by atoms with Crippen molar-refractivity contribution in [3.63, 3.8) is 0 Å². The molecule has 0 bridgehead atoms. The largest absolute Gasteiger partial charge is 0.486 e. The number of benzene rings is 2. The highest BCUT2D eigenvalue weighted by Gasteiger charge is 2.29. The number of esters is 1. The number of carbonyl (C=O) groups is 2. The first-order valence-corrected chi connectivity index (χ1v) is 8.59. The molecule has 148 valence electrons. The minimum absolute atomic E-state index is 0.0176. The van der Waals surface area contributed by atoms with Gasteiger partial charge in [-0.2, -0.15) is 4.39 Å². The summed E-state index contributed by atoms with van der Waals surface area (Å²) < 4.78 is 45.6. The smallest absolute Gasteiger partial charge is 0.343 e. The number of halogens is 2. The highest BCUT2D eigenvalue weighted by Crippen LogP contribution is 2.43. The Morgan fingerprint density at radius 2 is 2.07 bits per heavy atom. The fourth-order valence-electron chi connectivity index (χ4n) is 3.15. The Bertz CT molecular complexity index is 1230. The Kier molecular flexibility index (Phi) is 4.50. The van der Waals surface area contributed by atoms with Crippen molar-refractivity contribution in [1.82, 2.24) is 4.57 Å². The van der Waals surface area contributed by atoms with Gasteiger partial charge in [-0.3, -0.25) is 9.59 Å². The van der Waals surface area contributed by atoms with E-state index >= 15 is 0 Å². The number of hydrogen-bond acceptors (Lipinski definition) is 6. The first-order chi connectivity index (χ1) is 14.0. The van der Waals surface area contributed by atoms with Gasteiger partial charge >= 0.3 is 5.97 Å². The first kappa shape index (κ1) is 18.6. The van der Waals surface area contributed by atoms with Gasteiger partial charge in [0.2, 0.25) is 11.2 Å². The molecule has 1 aromatic heterocycles. The van der Waals surface area contributed by atoms with Crippen LogP contribution in [-0.2, 0) is 9.53 Å². The van der Waals surface area contributed by atoms with Gasteiger partial charge in [-0.15, -0.1) is 0 Å². The lowest BCUT2D eigenvalue weighted by Crippen LogP contribution is -2.22. The predicted molar refractivity (Wildman–Crippen MR) is 97.1 cm³/mol. The van der Waals surface area contributed by atoms with Crippen LogP contribution in [0.5, 0.6) is 17.2 Å². The van der Waals surface area contributed by atoms with Crippen molar-refractivity contribution >= 4 is 23.2 Å². The average Bonchev–Trinajstić information content (AvgIpc) is 2.71. The molecule has 0 amide bonds. The third-order valence-corrected chi connectivity index (χ3v) is 4.35. The van der Waals surface area contributed by atoms with Crippen LogP contribution in [0.2, 0.25) is 0 Å². The molecule has 1 aliphatic heterocycles. The normalized spacial score (nSPS) is 11.6. The van der Waals surface area contributed by atoms with E-state index < -0.39 is 28.8 Å². The van der Waals surface area contributed by atoms with Crippen LogP contribution >= 0.6 is 0 Å². The Balaban J connectivity index is 2.03.